The lowest BCUT2D eigenvalue weighted by Gasteiger charge is -2.34. The van der Waals surface area contributed by atoms with Gasteiger partial charge in [-0.2, -0.15) is 0 Å². The molecule has 0 saturated heterocycles. The highest BCUT2D eigenvalue weighted by molar-refractivity contribution is 14.1. The van der Waals surface area contributed by atoms with E-state index in [9.17, 15) is 0 Å². The van der Waals surface area contributed by atoms with Crippen molar-refractivity contribution in [3.63, 3.8) is 0 Å². The van der Waals surface area contributed by atoms with Crippen LogP contribution in [0.1, 0.15) is 33.3 Å². The van der Waals surface area contributed by atoms with Gasteiger partial charge in [0.2, 0.25) is 0 Å². The van der Waals surface area contributed by atoms with Crippen LogP contribution in [-0.4, -0.2) is 17.6 Å². The smallest absolute Gasteiger partial charge is 0.118 e. The van der Waals surface area contributed by atoms with Crippen molar-refractivity contribution in [3.8, 4) is 5.75 Å². The van der Waals surface area contributed by atoms with Gasteiger partial charge in [0.1, 0.15) is 5.75 Å². The normalized spacial score (nSPS) is 17.7. The fraction of sp³-hybridized carbons (Fsp3) is 0.545. The fourth-order valence-electron chi connectivity index (χ4n) is 3.04. The molecule has 1 rings (SSSR count). The van der Waals surface area contributed by atoms with E-state index in [2.05, 4.69) is 75.1 Å². The Morgan fingerprint density at radius 2 is 1.72 bits per heavy atom. The number of hydrogen-bond acceptors (Lipinski definition) is 2. The third kappa shape index (κ3) is 7.14. The number of ether oxygens (including phenoxy) is 2. The molecule has 3 heteroatoms. The quantitative estimate of drug-likeness (QED) is 0.221. The lowest BCUT2D eigenvalue weighted by molar-refractivity contribution is -0.0398. The minimum atomic E-state index is 0.244. The number of allylic oxidation sites excluding steroid dienone is 3. The van der Waals surface area contributed by atoms with Gasteiger partial charge in [-0.3, -0.25) is 0 Å². The molecule has 5 unspecified atom stereocenters. The molecule has 0 radical (unpaired) electrons. The van der Waals surface area contributed by atoms with Gasteiger partial charge in [0, 0.05) is 4.43 Å². The van der Waals surface area contributed by atoms with Crippen molar-refractivity contribution in [2.24, 2.45) is 23.7 Å². The summed E-state index contributed by atoms with van der Waals surface area (Å²) in [5, 5.41) is 0. The highest BCUT2D eigenvalue weighted by Gasteiger charge is 2.29. The number of halogens is 1. The summed E-state index contributed by atoms with van der Waals surface area (Å²) in [6.45, 7) is 13.6. The molecule has 2 nitrogen and oxygen atoms in total. The van der Waals surface area contributed by atoms with Crippen molar-refractivity contribution >= 4 is 22.6 Å². The lowest BCUT2D eigenvalue weighted by atomic mass is 9.78. The number of benzene rings is 1. The Labute approximate surface area is 167 Å². The van der Waals surface area contributed by atoms with Gasteiger partial charge in [-0.05, 0) is 41.4 Å². The Morgan fingerprint density at radius 3 is 2.24 bits per heavy atom. The van der Waals surface area contributed by atoms with Gasteiger partial charge in [0.15, 0.2) is 0 Å². The molecule has 0 spiro atoms. The third-order valence-corrected chi connectivity index (χ3v) is 6.52. The summed E-state index contributed by atoms with van der Waals surface area (Å²) in [6, 6.07) is 8.13. The molecule has 5 atom stereocenters. The highest BCUT2D eigenvalue weighted by Crippen LogP contribution is 2.31. The zero-order valence-electron chi connectivity index (χ0n) is 16.2. The first-order valence-electron chi connectivity index (χ1n) is 9.04. The van der Waals surface area contributed by atoms with E-state index in [1.165, 1.54) is 5.56 Å². The molecule has 0 aliphatic rings. The van der Waals surface area contributed by atoms with Crippen molar-refractivity contribution in [3.05, 3.63) is 54.6 Å². The monoisotopic (exact) mass is 456 g/mol. The van der Waals surface area contributed by atoms with Gasteiger partial charge in [-0.25, -0.2) is 0 Å². The number of alkyl halides is 1. The van der Waals surface area contributed by atoms with E-state index in [0.29, 0.717) is 30.3 Å². The Kier molecular flexibility index (Phi) is 10.4. The second-order valence-electron chi connectivity index (χ2n) is 6.95. The van der Waals surface area contributed by atoms with Crippen LogP contribution in [0.25, 0.3) is 0 Å². The molecule has 0 aliphatic carbocycles. The molecule has 1 aromatic rings. The van der Waals surface area contributed by atoms with Gasteiger partial charge in [-0.1, -0.05) is 87.2 Å². The van der Waals surface area contributed by atoms with Gasteiger partial charge in [-0.15, -0.1) is 0 Å². The fourth-order valence-corrected chi connectivity index (χ4v) is 3.54. The SMILES string of the molecule is C=C/C=C\C(C)C(C)C(C)C(OCc1ccc(OC)cc1)C(C)CI. The molecule has 0 fully saturated rings. The van der Waals surface area contributed by atoms with Crippen LogP contribution in [0.2, 0.25) is 0 Å². The Morgan fingerprint density at radius 1 is 1.08 bits per heavy atom. The van der Waals surface area contributed by atoms with Crippen molar-refractivity contribution in [2.45, 2.75) is 40.4 Å². The molecule has 0 heterocycles. The molecule has 140 valence electrons. The predicted octanol–water partition coefficient (Wildman–Crippen LogP) is 6.30. The lowest BCUT2D eigenvalue weighted by Crippen LogP contribution is -2.35. The second kappa shape index (κ2) is 11.7. The molecule has 0 N–H and O–H groups in total. The first kappa shape index (κ1) is 22.2. The van der Waals surface area contributed by atoms with Gasteiger partial charge in [0.25, 0.3) is 0 Å². The van der Waals surface area contributed by atoms with E-state index in [1.54, 1.807) is 7.11 Å². The first-order valence-corrected chi connectivity index (χ1v) is 10.6. The first-order chi connectivity index (χ1) is 11.9. The maximum absolute atomic E-state index is 6.40. The van der Waals surface area contributed by atoms with Crippen LogP contribution < -0.4 is 4.74 Å². The Hall–Kier alpha value is -0.810. The average Bonchev–Trinajstić information content (AvgIpc) is 2.65. The summed E-state index contributed by atoms with van der Waals surface area (Å²) in [5.41, 5.74) is 1.19. The summed E-state index contributed by atoms with van der Waals surface area (Å²) in [4.78, 5) is 0. The summed E-state index contributed by atoms with van der Waals surface area (Å²) in [7, 11) is 1.69. The minimum Gasteiger partial charge on any atom is -0.497 e. The molecular weight excluding hydrogens is 423 g/mol. The van der Waals surface area contributed by atoms with Crippen LogP contribution in [0, 0.1) is 23.7 Å². The van der Waals surface area contributed by atoms with Gasteiger partial charge < -0.3 is 9.47 Å². The van der Waals surface area contributed by atoms with Crippen molar-refractivity contribution in [2.75, 3.05) is 11.5 Å². The maximum atomic E-state index is 6.40. The van der Waals surface area contributed by atoms with Crippen molar-refractivity contribution < 1.29 is 9.47 Å². The predicted molar refractivity (Wildman–Crippen MR) is 116 cm³/mol. The van der Waals surface area contributed by atoms with Crippen LogP contribution in [-0.2, 0) is 11.3 Å². The molecule has 1 aromatic carbocycles. The molecule has 0 aromatic heterocycles. The Balaban J connectivity index is 2.77. The van der Waals surface area contributed by atoms with Crippen LogP contribution >= 0.6 is 22.6 Å². The van der Waals surface area contributed by atoms with Gasteiger partial charge in [0.05, 0.1) is 19.8 Å². The number of hydrogen-bond donors (Lipinski definition) is 0. The molecule has 0 bridgehead atoms. The summed E-state index contributed by atoms with van der Waals surface area (Å²) < 4.78 is 12.7. The summed E-state index contributed by atoms with van der Waals surface area (Å²) >= 11 is 2.47. The molecule has 0 amide bonds. The van der Waals surface area contributed by atoms with Crippen LogP contribution in [0.15, 0.2) is 49.1 Å². The van der Waals surface area contributed by atoms with E-state index >= 15 is 0 Å². The largest absolute Gasteiger partial charge is 0.497 e. The molecule has 0 saturated carbocycles. The second-order valence-corrected chi connectivity index (χ2v) is 7.83. The van der Waals surface area contributed by atoms with E-state index in [-0.39, 0.29) is 6.10 Å². The topological polar surface area (TPSA) is 18.5 Å². The average molecular weight is 456 g/mol. The van der Waals surface area contributed by atoms with E-state index < -0.39 is 0 Å². The van der Waals surface area contributed by atoms with E-state index in [1.807, 2.05) is 24.3 Å². The van der Waals surface area contributed by atoms with Crippen LogP contribution in [0.4, 0.5) is 0 Å². The maximum Gasteiger partial charge on any atom is 0.118 e. The summed E-state index contributed by atoms with van der Waals surface area (Å²) in [5.74, 6) is 2.93. The van der Waals surface area contributed by atoms with Crippen molar-refractivity contribution in [1.29, 1.82) is 0 Å². The van der Waals surface area contributed by atoms with Gasteiger partial charge >= 0.3 is 0 Å². The zero-order chi connectivity index (χ0) is 18.8. The van der Waals surface area contributed by atoms with E-state index in [4.69, 9.17) is 9.47 Å². The number of rotatable bonds is 11. The van der Waals surface area contributed by atoms with Crippen LogP contribution in [0.3, 0.4) is 0 Å². The number of methoxy groups -OCH3 is 1. The van der Waals surface area contributed by atoms with Crippen LogP contribution in [0.5, 0.6) is 5.75 Å². The molecule has 25 heavy (non-hydrogen) atoms. The minimum absolute atomic E-state index is 0.244. The molecule has 0 aliphatic heterocycles. The molecular formula is C22H33IO2. The zero-order valence-corrected chi connectivity index (χ0v) is 18.4. The van der Waals surface area contributed by atoms with E-state index in [0.717, 1.165) is 10.2 Å². The highest BCUT2D eigenvalue weighted by atomic mass is 127. The standard InChI is InChI=1S/C22H33IO2/c1-7-8-9-16(2)18(4)19(5)22(17(3)14-23)25-15-20-10-12-21(24-6)13-11-20/h7-13,16-19,22H,1,14-15H2,2-6H3/b9-8-. The summed E-state index contributed by atoms with van der Waals surface area (Å²) in [6.07, 6.45) is 6.37. The Bertz CT molecular complexity index is 523. The third-order valence-electron chi connectivity index (χ3n) is 5.13. The van der Waals surface area contributed by atoms with Crippen molar-refractivity contribution in [1.82, 2.24) is 0 Å².